The molecule has 0 aliphatic heterocycles. The van der Waals surface area contributed by atoms with Gasteiger partial charge in [-0.2, -0.15) is 0 Å². The van der Waals surface area contributed by atoms with Crippen molar-refractivity contribution in [2.45, 2.75) is 37.5 Å². The first-order valence-corrected chi connectivity index (χ1v) is 9.47. The molecule has 2 aromatic carbocycles. The number of ether oxygens (including phenoxy) is 1. The molecule has 0 bridgehead atoms. The molecular formula is C22H24FNO4. The summed E-state index contributed by atoms with van der Waals surface area (Å²) < 4.78 is 18.8. The fraction of sp³-hybridized carbons (Fsp3) is 0.364. The second kappa shape index (κ2) is 8.87. The van der Waals surface area contributed by atoms with Crippen molar-refractivity contribution in [2.24, 2.45) is 0 Å². The number of nitrogens with one attached hydrogen (secondary N) is 1. The fourth-order valence-electron chi connectivity index (χ4n) is 3.80. The van der Waals surface area contributed by atoms with Gasteiger partial charge in [-0.3, -0.25) is 4.79 Å². The van der Waals surface area contributed by atoms with E-state index >= 15 is 0 Å². The summed E-state index contributed by atoms with van der Waals surface area (Å²) in [5.74, 6) is -0.893. The molecule has 0 spiro atoms. The lowest BCUT2D eigenvalue weighted by Crippen LogP contribution is -2.43. The van der Waals surface area contributed by atoms with Crippen LogP contribution in [0, 0.1) is 5.82 Å². The second-order valence-electron chi connectivity index (χ2n) is 7.13. The maximum absolute atomic E-state index is 13.7. The van der Waals surface area contributed by atoms with E-state index in [1.165, 1.54) is 12.1 Å². The highest BCUT2D eigenvalue weighted by atomic mass is 19.1. The molecule has 0 atom stereocenters. The van der Waals surface area contributed by atoms with Crippen molar-refractivity contribution in [3.8, 4) is 5.75 Å². The van der Waals surface area contributed by atoms with Crippen LogP contribution in [-0.4, -0.2) is 30.1 Å². The van der Waals surface area contributed by atoms with Crippen LogP contribution in [0.3, 0.4) is 0 Å². The zero-order valence-electron chi connectivity index (χ0n) is 15.6. The number of aliphatic carboxylic acids is 1. The minimum Gasteiger partial charge on any atom is -0.482 e. The normalized spacial score (nSPS) is 15.2. The maximum atomic E-state index is 13.7. The number of carboxylic acids is 1. The first-order valence-electron chi connectivity index (χ1n) is 9.47. The van der Waals surface area contributed by atoms with Gasteiger partial charge in [-0.25, -0.2) is 9.18 Å². The predicted molar refractivity (Wildman–Crippen MR) is 103 cm³/mol. The second-order valence-corrected chi connectivity index (χ2v) is 7.13. The minimum absolute atomic E-state index is 0.0444. The molecule has 0 aromatic heterocycles. The van der Waals surface area contributed by atoms with E-state index < -0.39 is 11.4 Å². The Bertz CT molecular complexity index is 829. The van der Waals surface area contributed by atoms with Crippen LogP contribution in [0.25, 0.3) is 0 Å². The molecule has 1 fully saturated rings. The van der Waals surface area contributed by atoms with Gasteiger partial charge in [0.2, 0.25) is 5.91 Å². The molecule has 148 valence electrons. The summed E-state index contributed by atoms with van der Waals surface area (Å²) in [6.45, 7) is 0.1000. The molecule has 1 saturated carbocycles. The Morgan fingerprint density at radius 2 is 1.82 bits per heavy atom. The quantitative estimate of drug-likeness (QED) is 0.730. The average molecular weight is 385 g/mol. The van der Waals surface area contributed by atoms with E-state index in [9.17, 15) is 14.0 Å². The van der Waals surface area contributed by atoms with E-state index in [0.29, 0.717) is 18.7 Å². The Balaban J connectivity index is 1.57. The largest absolute Gasteiger partial charge is 0.482 e. The first kappa shape index (κ1) is 19.9. The Labute approximate surface area is 163 Å². The van der Waals surface area contributed by atoms with Gasteiger partial charge in [0.15, 0.2) is 6.61 Å². The summed E-state index contributed by atoms with van der Waals surface area (Å²) in [5, 5.41) is 11.6. The molecule has 2 N–H and O–H groups in total. The van der Waals surface area contributed by atoms with E-state index in [1.54, 1.807) is 18.2 Å². The lowest BCUT2D eigenvalue weighted by atomic mass is 9.78. The Hall–Kier alpha value is -2.89. The molecule has 0 unspecified atom stereocenters. The van der Waals surface area contributed by atoms with Crippen LogP contribution < -0.4 is 10.1 Å². The lowest BCUT2D eigenvalue weighted by Gasteiger charge is -2.28. The van der Waals surface area contributed by atoms with Crippen molar-refractivity contribution in [3.05, 3.63) is 65.5 Å². The Morgan fingerprint density at radius 1 is 1.11 bits per heavy atom. The summed E-state index contributed by atoms with van der Waals surface area (Å²) in [6.07, 6.45) is 4.03. The van der Waals surface area contributed by atoms with Gasteiger partial charge >= 0.3 is 5.97 Å². The molecule has 0 saturated heterocycles. The number of benzene rings is 2. The summed E-state index contributed by atoms with van der Waals surface area (Å²) in [4.78, 5) is 23.5. The molecule has 1 amide bonds. The molecular weight excluding hydrogens is 361 g/mol. The number of carbonyl (C=O) groups excluding carboxylic acids is 1. The van der Waals surface area contributed by atoms with Crippen LogP contribution in [0.15, 0.2) is 48.5 Å². The predicted octanol–water partition coefficient (Wildman–Crippen LogP) is 3.46. The zero-order valence-corrected chi connectivity index (χ0v) is 15.6. The summed E-state index contributed by atoms with van der Waals surface area (Å²) in [6, 6.07) is 13.5. The van der Waals surface area contributed by atoms with Crippen molar-refractivity contribution in [1.29, 1.82) is 0 Å². The van der Waals surface area contributed by atoms with Crippen LogP contribution in [-0.2, 0) is 21.4 Å². The van der Waals surface area contributed by atoms with Gasteiger partial charge in [0.05, 0.1) is 5.41 Å². The van der Waals surface area contributed by atoms with Gasteiger partial charge in [-0.1, -0.05) is 37.1 Å². The van der Waals surface area contributed by atoms with Crippen molar-refractivity contribution >= 4 is 11.9 Å². The van der Waals surface area contributed by atoms with E-state index in [-0.39, 0.29) is 18.3 Å². The number of carboxylic acid groups (broad SMARTS) is 1. The highest BCUT2D eigenvalue weighted by Gasteiger charge is 2.42. The third-order valence-corrected chi connectivity index (χ3v) is 5.25. The topological polar surface area (TPSA) is 75.6 Å². The molecule has 0 radical (unpaired) electrons. The van der Waals surface area contributed by atoms with Crippen LogP contribution in [0.2, 0.25) is 0 Å². The Kier molecular flexibility index (Phi) is 6.29. The van der Waals surface area contributed by atoms with Gasteiger partial charge in [0.1, 0.15) is 11.6 Å². The molecule has 28 heavy (non-hydrogen) atoms. The van der Waals surface area contributed by atoms with E-state index in [1.807, 2.05) is 18.2 Å². The molecule has 3 rings (SSSR count). The zero-order chi connectivity index (χ0) is 20.0. The van der Waals surface area contributed by atoms with E-state index in [2.05, 4.69) is 5.32 Å². The number of rotatable bonds is 8. The monoisotopic (exact) mass is 385 g/mol. The molecule has 1 aliphatic rings. The summed E-state index contributed by atoms with van der Waals surface area (Å²) in [7, 11) is 0. The van der Waals surface area contributed by atoms with Crippen LogP contribution in [0.5, 0.6) is 5.75 Å². The highest BCUT2D eigenvalue weighted by molar-refractivity contribution is 5.88. The van der Waals surface area contributed by atoms with Crippen molar-refractivity contribution in [2.75, 3.05) is 13.2 Å². The summed E-state index contributed by atoms with van der Waals surface area (Å²) in [5.41, 5.74) is 1.12. The van der Waals surface area contributed by atoms with Crippen molar-refractivity contribution in [1.82, 2.24) is 5.32 Å². The number of halogens is 1. The molecule has 6 heteroatoms. The van der Waals surface area contributed by atoms with Crippen molar-refractivity contribution < 1.29 is 23.8 Å². The smallest absolute Gasteiger partial charge is 0.341 e. The molecule has 2 aromatic rings. The third-order valence-electron chi connectivity index (χ3n) is 5.25. The molecule has 0 heterocycles. The third kappa shape index (κ3) is 4.68. The van der Waals surface area contributed by atoms with Gasteiger partial charge in [0, 0.05) is 6.54 Å². The number of hydrogen-bond acceptors (Lipinski definition) is 3. The van der Waals surface area contributed by atoms with E-state index in [0.717, 1.165) is 36.8 Å². The van der Waals surface area contributed by atoms with Gasteiger partial charge in [0.25, 0.3) is 0 Å². The van der Waals surface area contributed by atoms with Crippen LogP contribution >= 0.6 is 0 Å². The van der Waals surface area contributed by atoms with Gasteiger partial charge < -0.3 is 15.2 Å². The number of amides is 1. The van der Waals surface area contributed by atoms with E-state index in [4.69, 9.17) is 9.84 Å². The Morgan fingerprint density at radius 3 is 2.46 bits per heavy atom. The summed E-state index contributed by atoms with van der Waals surface area (Å²) >= 11 is 0. The standard InChI is InChI=1S/C22H24FNO4/c23-18-5-3-4-17(14-18)22(11-1-2-12-22)21(27)24-13-10-16-6-8-19(9-7-16)28-15-20(25)26/h3-9,14H,1-2,10-13,15H2,(H,24,27)(H,25,26). The SMILES string of the molecule is O=C(O)COc1ccc(CCNC(=O)C2(c3cccc(F)c3)CCCC2)cc1. The minimum atomic E-state index is -1.02. The van der Waals surface area contributed by atoms with Gasteiger partial charge in [-0.05, 0) is 54.7 Å². The maximum Gasteiger partial charge on any atom is 0.341 e. The van der Waals surface area contributed by atoms with Crippen LogP contribution in [0.4, 0.5) is 4.39 Å². The first-order chi connectivity index (χ1) is 13.5. The average Bonchev–Trinajstić information content (AvgIpc) is 3.18. The number of hydrogen-bond donors (Lipinski definition) is 2. The molecule has 5 nitrogen and oxygen atoms in total. The fourth-order valence-corrected chi connectivity index (χ4v) is 3.80. The lowest BCUT2D eigenvalue weighted by molar-refractivity contribution is -0.139. The number of carbonyl (C=O) groups is 2. The van der Waals surface area contributed by atoms with Gasteiger partial charge in [-0.15, -0.1) is 0 Å². The molecule has 1 aliphatic carbocycles. The highest BCUT2D eigenvalue weighted by Crippen LogP contribution is 2.41. The van der Waals surface area contributed by atoms with Crippen LogP contribution in [0.1, 0.15) is 36.8 Å². The van der Waals surface area contributed by atoms with Crippen molar-refractivity contribution in [3.63, 3.8) is 0 Å².